The zero-order chi connectivity index (χ0) is 15.6. The predicted molar refractivity (Wildman–Crippen MR) is 91.1 cm³/mol. The second-order valence-corrected chi connectivity index (χ2v) is 6.66. The predicted octanol–water partition coefficient (Wildman–Crippen LogP) is 5.34. The minimum atomic E-state index is -0.0366. The molecular formula is C16H14BrCl2NO. The van der Waals surface area contributed by atoms with Crippen molar-refractivity contribution >= 4 is 45.0 Å². The third-order valence-corrected chi connectivity index (χ3v) is 4.24. The second-order valence-electron chi connectivity index (χ2n) is 4.93. The molecule has 0 saturated heterocycles. The molecule has 2 rings (SSSR count). The average molecular weight is 387 g/mol. The summed E-state index contributed by atoms with van der Waals surface area (Å²) in [6.45, 7) is 2.43. The van der Waals surface area contributed by atoms with E-state index in [1.165, 1.54) is 0 Å². The fraction of sp³-hybridized carbons (Fsp3) is 0.188. The quantitative estimate of drug-likeness (QED) is 0.697. The lowest BCUT2D eigenvalue weighted by atomic mass is 10.1. The van der Waals surface area contributed by atoms with Gasteiger partial charge in [0.2, 0.25) is 0 Å². The Hall–Kier alpha value is -1.03. The van der Waals surface area contributed by atoms with E-state index in [0.29, 0.717) is 22.2 Å². The smallest absolute Gasteiger partial charge is 0.253 e. The number of hydrogen-bond acceptors (Lipinski definition) is 1. The first-order valence-electron chi connectivity index (χ1n) is 6.33. The van der Waals surface area contributed by atoms with Crippen molar-refractivity contribution in [1.29, 1.82) is 0 Å². The van der Waals surface area contributed by atoms with E-state index in [1.807, 2.05) is 31.2 Å². The van der Waals surface area contributed by atoms with E-state index >= 15 is 0 Å². The summed E-state index contributed by atoms with van der Waals surface area (Å²) in [5.74, 6) is -0.0366. The van der Waals surface area contributed by atoms with Crippen molar-refractivity contribution < 1.29 is 4.79 Å². The van der Waals surface area contributed by atoms with Crippen molar-refractivity contribution in [3.63, 3.8) is 0 Å². The highest BCUT2D eigenvalue weighted by atomic mass is 79.9. The number of amides is 1. The Balaban J connectivity index is 2.17. The summed E-state index contributed by atoms with van der Waals surface area (Å²) in [5.41, 5.74) is 2.63. The highest BCUT2D eigenvalue weighted by Gasteiger charge is 2.13. The van der Waals surface area contributed by atoms with Gasteiger partial charge in [0.25, 0.3) is 5.91 Å². The summed E-state index contributed by atoms with van der Waals surface area (Å²) in [6, 6.07) is 11.0. The number of carbonyl (C=O) groups excluding carboxylic acids is 1. The summed E-state index contributed by atoms with van der Waals surface area (Å²) < 4.78 is 0.897. The van der Waals surface area contributed by atoms with Crippen LogP contribution in [0.4, 0.5) is 0 Å². The molecule has 0 saturated carbocycles. The molecule has 0 atom stereocenters. The molecule has 110 valence electrons. The van der Waals surface area contributed by atoms with E-state index < -0.39 is 0 Å². The van der Waals surface area contributed by atoms with Crippen LogP contribution in [0, 0.1) is 6.92 Å². The summed E-state index contributed by atoms with van der Waals surface area (Å²) in [5, 5.41) is 1.00. The summed E-state index contributed by atoms with van der Waals surface area (Å²) in [4.78, 5) is 14.1. The molecule has 2 nitrogen and oxygen atoms in total. The number of nitrogens with zero attached hydrogens (tertiary/aromatic N) is 1. The molecule has 0 aliphatic carbocycles. The van der Waals surface area contributed by atoms with Gasteiger partial charge in [-0.2, -0.15) is 0 Å². The number of halogens is 3. The van der Waals surface area contributed by atoms with Gasteiger partial charge in [0.1, 0.15) is 0 Å². The maximum absolute atomic E-state index is 12.5. The van der Waals surface area contributed by atoms with Crippen molar-refractivity contribution in [2.75, 3.05) is 7.05 Å². The molecule has 0 fully saturated rings. The van der Waals surface area contributed by atoms with Gasteiger partial charge < -0.3 is 4.90 Å². The minimum Gasteiger partial charge on any atom is -0.337 e. The highest BCUT2D eigenvalue weighted by molar-refractivity contribution is 9.10. The lowest BCUT2D eigenvalue weighted by Crippen LogP contribution is -2.26. The second kappa shape index (κ2) is 6.82. The maximum atomic E-state index is 12.5. The molecule has 2 aromatic carbocycles. The van der Waals surface area contributed by atoms with E-state index in [4.69, 9.17) is 23.2 Å². The Labute approximate surface area is 142 Å². The molecule has 0 unspecified atom stereocenters. The van der Waals surface area contributed by atoms with Crippen LogP contribution in [-0.2, 0) is 6.54 Å². The van der Waals surface area contributed by atoms with Gasteiger partial charge in [-0.3, -0.25) is 4.79 Å². The Morgan fingerprint density at radius 3 is 2.48 bits per heavy atom. The number of aryl methyl sites for hydroxylation is 1. The number of benzene rings is 2. The van der Waals surface area contributed by atoms with Gasteiger partial charge >= 0.3 is 0 Å². The fourth-order valence-electron chi connectivity index (χ4n) is 2.06. The molecule has 2 aromatic rings. The van der Waals surface area contributed by atoms with Gasteiger partial charge in [0, 0.05) is 23.6 Å². The SMILES string of the molecule is Cc1cc(Br)cc(C(=O)N(C)Cc2ccc(Cl)c(Cl)c2)c1. The van der Waals surface area contributed by atoms with Crippen LogP contribution in [0.3, 0.4) is 0 Å². The molecule has 5 heteroatoms. The Morgan fingerprint density at radius 2 is 1.86 bits per heavy atom. The van der Waals surface area contributed by atoms with Crippen molar-refractivity contribution in [3.05, 3.63) is 67.6 Å². The van der Waals surface area contributed by atoms with Crippen LogP contribution in [-0.4, -0.2) is 17.9 Å². The summed E-state index contributed by atoms with van der Waals surface area (Å²) >= 11 is 15.3. The van der Waals surface area contributed by atoms with Crippen molar-refractivity contribution in [2.24, 2.45) is 0 Å². The summed E-state index contributed by atoms with van der Waals surface area (Å²) in [6.07, 6.45) is 0. The third-order valence-electron chi connectivity index (χ3n) is 3.04. The monoisotopic (exact) mass is 385 g/mol. The van der Waals surface area contributed by atoms with E-state index in [-0.39, 0.29) is 5.91 Å². The Kier molecular flexibility index (Phi) is 5.31. The van der Waals surface area contributed by atoms with Gasteiger partial charge in [-0.25, -0.2) is 0 Å². The fourth-order valence-corrected chi connectivity index (χ4v) is 2.99. The Morgan fingerprint density at radius 1 is 1.14 bits per heavy atom. The molecule has 0 heterocycles. The molecule has 0 aliphatic rings. The van der Waals surface area contributed by atoms with Crippen molar-refractivity contribution in [1.82, 2.24) is 4.90 Å². The van der Waals surface area contributed by atoms with Crippen LogP contribution in [0.5, 0.6) is 0 Å². The van der Waals surface area contributed by atoms with Crippen LogP contribution in [0.25, 0.3) is 0 Å². The lowest BCUT2D eigenvalue weighted by molar-refractivity contribution is 0.0785. The van der Waals surface area contributed by atoms with Crippen LogP contribution >= 0.6 is 39.1 Å². The molecular weight excluding hydrogens is 373 g/mol. The van der Waals surface area contributed by atoms with E-state index in [9.17, 15) is 4.79 Å². The third kappa shape index (κ3) is 4.22. The molecule has 0 aliphatic heterocycles. The molecule has 21 heavy (non-hydrogen) atoms. The first-order valence-corrected chi connectivity index (χ1v) is 7.88. The zero-order valence-corrected chi connectivity index (χ0v) is 14.8. The van der Waals surface area contributed by atoms with Crippen LogP contribution < -0.4 is 0 Å². The molecule has 0 radical (unpaired) electrons. The van der Waals surface area contributed by atoms with E-state index in [2.05, 4.69) is 15.9 Å². The first-order chi connectivity index (χ1) is 9.86. The van der Waals surface area contributed by atoms with Gasteiger partial charge in [-0.05, 0) is 48.4 Å². The van der Waals surface area contributed by atoms with Gasteiger partial charge in [0.15, 0.2) is 0 Å². The number of rotatable bonds is 3. The van der Waals surface area contributed by atoms with Crippen LogP contribution in [0.1, 0.15) is 21.5 Å². The minimum absolute atomic E-state index is 0.0366. The zero-order valence-electron chi connectivity index (χ0n) is 11.7. The van der Waals surface area contributed by atoms with E-state index in [1.54, 1.807) is 24.1 Å². The number of hydrogen-bond donors (Lipinski definition) is 0. The topological polar surface area (TPSA) is 20.3 Å². The average Bonchev–Trinajstić information content (AvgIpc) is 2.41. The van der Waals surface area contributed by atoms with Crippen molar-refractivity contribution in [3.8, 4) is 0 Å². The highest BCUT2D eigenvalue weighted by Crippen LogP contribution is 2.23. The standard InChI is InChI=1S/C16H14BrCl2NO/c1-10-5-12(8-13(17)6-10)16(21)20(2)9-11-3-4-14(18)15(19)7-11/h3-8H,9H2,1-2H3. The molecule has 0 N–H and O–H groups in total. The Bertz CT molecular complexity index is 668. The van der Waals surface area contributed by atoms with Gasteiger partial charge in [0.05, 0.1) is 10.0 Å². The summed E-state index contributed by atoms with van der Waals surface area (Å²) in [7, 11) is 1.76. The first kappa shape index (κ1) is 16.3. The van der Waals surface area contributed by atoms with Crippen molar-refractivity contribution in [2.45, 2.75) is 13.5 Å². The normalized spacial score (nSPS) is 10.5. The number of carbonyl (C=O) groups is 1. The van der Waals surface area contributed by atoms with Crippen LogP contribution in [0.15, 0.2) is 40.9 Å². The molecule has 1 amide bonds. The van der Waals surface area contributed by atoms with E-state index in [0.717, 1.165) is 15.6 Å². The van der Waals surface area contributed by atoms with Gasteiger partial charge in [-0.15, -0.1) is 0 Å². The molecule has 0 aromatic heterocycles. The molecule has 0 bridgehead atoms. The molecule has 0 spiro atoms. The largest absolute Gasteiger partial charge is 0.337 e. The van der Waals surface area contributed by atoms with Gasteiger partial charge in [-0.1, -0.05) is 45.2 Å². The lowest BCUT2D eigenvalue weighted by Gasteiger charge is -2.18. The maximum Gasteiger partial charge on any atom is 0.253 e. The van der Waals surface area contributed by atoms with Crippen LogP contribution in [0.2, 0.25) is 10.0 Å².